The maximum absolute atomic E-state index is 12.3. The molecule has 2 rings (SSSR count). The van der Waals surface area contributed by atoms with Crippen LogP contribution in [0.5, 0.6) is 5.75 Å². The van der Waals surface area contributed by atoms with Crippen LogP contribution in [0.25, 0.3) is 0 Å². The maximum atomic E-state index is 12.3. The number of sulfonamides is 1. The molecular formula is C17H19ClN2O4S. The SMILES string of the molecule is COc1ccc(S(=O)(=O)NCC(=O)NC(C)c2ccccc2)cc1Cl. The number of methoxy groups -OCH3 is 1. The molecule has 0 fully saturated rings. The standard InChI is InChI=1S/C17H19ClN2O4S/c1-12(13-6-4-3-5-7-13)20-17(21)11-19-25(22,23)14-8-9-16(24-2)15(18)10-14/h3-10,12,19H,11H2,1-2H3,(H,20,21). The average Bonchev–Trinajstić information content (AvgIpc) is 2.60. The van der Waals surface area contributed by atoms with E-state index in [1.54, 1.807) is 0 Å². The third-order valence-corrected chi connectivity index (χ3v) is 5.23. The van der Waals surface area contributed by atoms with Crippen LogP contribution in [0.4, 0.5) is 0 Å². The fourth-order valence-electron chi connectivity index (χ4n) is 2.18. The molecule has 2 N–H and O–H groups in total. The lowest BCUT2D eigenvalue weighted by atomic mass is 10.1. The lowest BCUT2D eigenvalue weighted by Crippen LogP contribution is -2.38. The number of carbonyl (C=O) groups is 1. The summed E-state index contributed by atoms with van der Waals surface area (Å²) in [6.07, 6.45) is 0. The van der Waals surface area contributed by atoms with Crippen LogP contribution >= 0.6 is 11.6 Å². The third-order valence-electron chi connectivity index (χ3n) is 3.53. The molecule has 1 atom stereocenters. The molecule has 0 heterocycles. The van der Waals surface area contributed by atoms with Gasteiger partial charge in [0.2, 0.25) is 15.9 Å². The molecule has 0 bridgehead atoms. The van der Waals surface area contributed by atoms with E-state index in [0.29, 0.717) is 5.75 Å². The van der Waals surface area contributed by atoms with Gasteiger partial charge in [0, 0.05) is 0 Å². The van der Waals surface area contributed by atoms with Gasteiger partial charge in [0.25, 0.3) is 0 Å². The van der Waals surface area contributed by atoms with Crippen molar-refractivity contribution in [3.05, 3.63) is 59.1 Å². The summed E-state index contributed by atoms with van der Waals surface area (Å²) in [5.41, 5.74) is 0.931. The van der Waals surface area contributed by atoms with Gasteiger partial charge in [-0.05, 0) is 30.7 Å². The van der Waals surface area contributed by atoms with Crippen molar-refractivity contribution in [1.82, 2.24) is 10.0 Å². The largest absolute Gasteiger partial charge is 0.495 e. The number of ether oxygens (including phenoxy) is 1. The number of hydrogen-bond acceptors (Lipinski definition) is 4. The highest BCUT2D eigenvalue weighted by atomic mass is 35.5. The van der Waals surface area contributed by atoms with Gasteiger partial charge < -0.3 is 10.1 Å². The molecule has 134 valence electrons. The molecule has 25 heavy (non-hydrogen) atoms. The molecule has 0 saturated heterocycles. The summed E-state index contributed by atoms with van der Waals surface area (Å²) in [4.78, 5) is 11.9. The minimum Gasteiger partial charge on any atom is -0.495 e. The second-order valence-electron chi connectivity index (χ2n) is 5.32. The van der Waals surface area contributed by atoms with Gasteiger partial charge in [-0.15, -0.1) is 0 Å². The van der Waals surface area contributed by atoms with E-state index in [4.69, 9.17) is 16.3 Å². The molecule has 1 amide bonds. The van der Waals surface area contributed by atoms with Crippen molar-refractivity contribution in [2.45, 2.75) is 17.9 Å². The topological polar surface area (TPSA) is 84.5 Å². The van der Waals surface area contributed by atoms with E-state index in [2.05, 4.69) is 10.0 Å². The molecule has 0 aliphatic rings. The van der Waals surface area contributed by atoms with Crippen LogP contribution < -0.4 is 14.8 Å². The molecule has 0 saturated carbocycles. The van der Waals surface area contributed by atoms with E-state index in [1.807, 2.05) is 37.3 Å². The molecule has 0 spiro atoms. The van der Waals surface area contributed by atoms with Crippen molar-refractivity contribution in [3.8, 4) is 5.75 Å². The molecule has 0 radical (unpaired) electrons. The van der Waals surface area contributed by atoms with Gasteiger partial charge in [-0.1, -0.05) is 41.9 Å². The lowest BCUT2D eigenvalue weighted by molar-refractivity contribution is -0.120. The first-order valence-corrected chi connectivity index (χ1v) is 9.37. The first-order valence-electron chi connectivity index (χ1n) is 7.51. The predicted molar refractivity (Wildman–Crippen MR) is 96.2 cm³/mol. The van der Waals surface area contributed by atoms with Gasteiger partial charge in [-0.2, -0.15) is 0 Å². The summed E-state index contributed by atoms with van der Waals surface area (Å²) in [5.74, 6) is -0.0606. The summed E-state index contributed by atoms with van der Waals surface area (Å²) in [5, 5.41) is 2.91. The molecule has 6 nitrogen and oxygen atoms in total. The van der Waals surface area contributed by atoms with Gasteiger partial charge in [-0.25, -0.2) is 13.1 Å². The summed E-state index contributed by atoms with van der Waals surface area (Å²) in [7, 11) is -2.42. The summed E-state index contributed by atoms with van der Waals surface area (Å²) >= 11 is 5.94. The van der Waals surface area contributed by atoms with E-state index in [1.165, 1.54) is 25.3 Å². The van der Waals surface area contributed by atoms with Crippen LogP contribution in [0.3, 0.4) is 0 Å². The first-order chi connectivity index (χ1) is 11.8. The Morgan fingerprint density at radius 3 is 2.48 bits per heavy atom. The summed E-state index contributed by atoms with van der Waals surface area (Å²) in [6.45, 7) is 1.45. The highest BCUT2D eigenvalue weighted by Crippen LogP contribution is 2.26. The highest BCUT2D eigenvalue weighted by molar-refractivity contribution is 7.89. The number of benzene rings is 2. The number of carbonyl (C=O) groups excluding carboxylic acids is 1. The van der Waals surface area contributed by atoms with Gasteiger partial charge in [0.1, 0.15) is 5.75 Å². The van der Waals surface area contributed by atoms with Crippen LogP contribution in [0.2, 0.25) is 5.02 Å². The number of hydrogen-bond donors (Lipinski definition) is 2. The Balaban J connectivity index is 1.97. The zero-order valence-corrected chi connectivity index (χ0v) is 15.4. The Labute approximate surface area is 152 Å². The van der Waals surface area contributed by atoms with Crippen LogP contribution in [-0.4, -0.2) is 28.0 Å². The first kappa shape index (κ1) is 19.2. The summed E-state index contributed by atoms with van der Waals surface area (Å²) in [6, 6.07) is 13.2. The van der Waals surface area contributed by atoms with E-state index >= 15 is 0 Å². The van der Waals surface area contributed by atoms with Crippen molar-refractivity contribution in [2.24, 2.45) is 0 Å². The Morgan fingerprint density at radius 1 is 1.20 bits per heavy atom. The number of amides is 1. The minimum absolute atomic E-state index is 0.0396. The summed E-state index contributed by atoms with van der Waals surface area (Å²) < 4.78 is 31.7. The number of halogens is 1. The quantitative estimate of drug-likeness (QED) is 0.770. The van der Waals surface area contributed by atoms with E-state index in [0.717, 1.165) is 5.56 Å². The third kappa shape index (κ3) is 5.19. The average molecular weight is 383 g/mol. The smallest absolute Gasteiger partial charge is 0.241 e. The number of nitrogens with one attached hydrogen (secondary N) is 2. The molecule has 0 aromatic heterocycles. The maximum Gasteiger partial charge on any atom is 0.241 e. The lowest BCUT2D eigenvalue weighted by Gasteiger charge is -2.15. The Hall–Kier alpha value is -2.09. The Kier molecular flexibility index (Phi) is 6.41. The van der Waals surface area contributed by atoms with Crippen molar-refractivity contribution >= 4 is 27.5 Å². The molecule has 2 aromatic carbocycles. The fraction of sp³-hybridized carbons (Fsp3) is 0.235. The van der Waals surface area contributed by atoms with E-state index in [-0.39, 0.29) is 22.5 Å². The van der Waals surface area contributed by atoms with Crippen molar-refractivity contribution in [3.63, 3.8) is 0 Å². The van der Waals surface area contributed by atoms with Crippen molar-refractivity contribution in [2.75, 3.05) is 13.7 Å². The highest BCUT2D eigenvalue weighted by Gasteiger charge is 2.18. The van der Waals surface area contributed by atoms with Crippen molar-refractivity contribution in [1.29, 1.82) is 0 Å². The Morgan fingerprint density at radius 2 is 1.88 bits per heavy atom. The van der Waals surface area contributed by atoms with Gasteiger partial charge >= 0.3 is 0 Å². The van der Waals surface area contributed by atoms with E-state index in [9.17, 15) is 13.2 Å². The molecule has 1 unspecified atom stereocenters. The molecule has 0 aliphatic carbocycles. The Bertz CT molecular complexity index is 841. The van der Waals surface area contributed by atoms with Crippen LogP contribution in [-0.2, 0) is 14.8 Å². The molecule has 8 heteroatoms. The van der Waals surface area contributed by atoms with Crippen LogP contribution in [0, 0.1) is 0 Å². The second-order valence-corrected chi connectivity index (χ2v) is 7.49. The van der Waals surface area contributed by atoms with Gasteiger partial charge in [-0.3, -0.25) is 4.79 Å². The normalized spacial score (nSPS) is 12.4. The van der Waals surface area contributed by atoms with Crippen molar-refractivity contribution < 1.29 is 17.9 Å². The monoisotopic (exact) mass is 382 g/mol. The van der Waals surface area contributed by atoms with Crippen LogP contribution in [0.15, 0.2) is 53.4 Å². The van der Waals surface area contributed by atoms with E-state index < -0.39 is 15.9 Å². The zero-order chi connectivity index (χ0) is 18.4. The molecular weight excluding hydrogens is 364 g/mol. The van der Waals surface area contributed by atoms with Gasteiger partial charge in [0.15, 0.2) is 0 Å². The molecule has 0 aliphatic heterocycles. The minimum atomic E-state index is -3.85. The van der Waals surface area contributed by atoms with Crippen LogP contribution in [0.1, 0.15) is 18.5 Å². The zero-order valence-electron chi connectivity index (χ0n) is 13.8. The number of rotatable bonds is 7. The predicted octanol–water partition coefficient (Wildman–Crippen LogP) is 2.50. The molecule has 2 aromatic rings. The second kappa shape index (κ2) is 8.33. The van der Waals surface area contributed by atoms with Gasteiger partial charge in [0.05, 0.1) is 29.6 Å². The fourth-order valence-corrected chi connectivity index (χ4v) is 3.51.